The molecule has 0 fully saturated rings. The molecule has 1 aromatic heterocycles. The van der Waals surface area contributed by atoms with Crippen LogP contribution in [0.15, 0.2) is 6.07 Å². The largest absolute Gasteiger partial charge is 0.388 e. The van der Waals surface area contributed by atoms with E-state index in [4.69, 9.17) is 10.5 Å². The Kier molecular flexibility index (Phi) is 6.16. The molecule has 0 aromatic carbocycles. The van der Waals surface area contributed by atoms with Crippen LogP contribution in [0.1, 0.15) is 39.9 Å². The first-order valence-electron chi connectivity index (χ1n) is 7.00. The number of nitrogens with one attached hydrogen (secondary N) is 1. The highest BCUT2D eigenvalue weighted by Crippen LogP contribution is 2.17. The Hall–Kier alpha value is -1.40. The average Bonchev–Trinajstić information content (AvgIpc) is 2.32. The molecule has 0 radical (unpaired) electrons. The maximum atomic E-state index is 10.3. The van der Waals surface area contributed by atoms with Crippen LogP contribution in [0.2, 0.25) is 0 Å². The van der Waals surface area contributed by atoms with E-state index >= 15 is 0 Å². The van der Waals surface area contributed by atoms with Gasteiger partial charge in [0.05, 0.1) is 5.60 Å². The van der Waals surface area contributed by atoms with Crippen LogP contribution in [-0.4, -0.2) is 33.8 Å². The summed E-state index contributed by atoms with van der Waals surface area (Å²) >= 11 is 0. The van der Waals surface area contributed by atoms with Crippen molar-refractivity contribution in [2.45, 2.75) is 46.3 Å². The zero-order valence-electron chi connectivity index (χ0n) is 12.8. The van der Waals surface area contributed by atoms with Crippen molar-refractivity contribution in [3.05, 3.63) is 11.9 Å². The maximum absolute atomic E-state index is 10.3. The number of anilines is 2. The van der Waals surface area contributed by atoms with Crippen molar-refractivity contribution in [3.8, 4) is 0 Å². The minimum Gasteiger partial charge on any atom is -0.388 e. The number of hydrogen-bond donors (Lipinski definition) is 3. The normalized spacial score (nSPS) is 14.3. The van der Waals surface area contributed by atoms with Crippen LogP contribution in [-0.2, 0) is 11.3 Å². The molecule has 1 aromatic rings. The zero-order chi connectivity index (χ0) is 15.2. The molecule has 20 heavy (non-hydrogen) atoms. The van der Waals surface area contributed by atoms with Crippen molar-refractivity contribution in [1.29, 1.82) is 0 Å². The van der Waals surface area contributed by atoms with Crippen molar-refractivity contribution in [2.24, 2.45) is 5.92 Å². The maximum Gasteiger partial charge on any atom is 0.158 e. The van der Waals surface area contributed by atoms with Gasteiger partial charge in [-0.1, -0.05) is 13.8 Å². The van der Waals surface area contributed by atoms with Crippen molar-refractivity contribution in [2.75, 3.05) is 24.2 Å². The summed E-state index contributed by atoms with van der Waals surface area (Å²) in [4.78, 5) is 8.42. The summed E-state index contributed by atoms with van der Waals surface area (Å²) in [6, 6.07) is 1.65. The Morgan fingerprint density at radius 2 is 2.15 bits per heavy atom. The van der Waals surface area contributed by atoms with Crippen LogP contribution in [0.4, 0.5) is 11.6 Å². The highest BCUT2D eigenvalue weighted by molar-refractivity contribution is 5.44. The number of aliphatic hydroxyl groups is 1. The molecule has 0 bridgehead atoms. The topological polar surface area (TPSA) is 93.3 Å². The summed E-state index contributed by atoms with van der Waals surface area (Å²) in [5, 5.41) is 13.4. The van der Waals surface area contributed by atoms with E-state index in [-0.39, 0.29) is 0 Å². The molecule has 1 unspecified atom stereocenters. The monoisotopic (exact) mass is 282 g/mol. The van der Waals surface area contributed by atoms with Gasteiger partial charge in [0, 0.05) is 19.2 Å². The van der Waals surface area contributed by atoms with Crippen molar-refractivity contribution in [3.63, 3.8) is 0 Å². The van der Waals surface area contributed by atoms with Gasteiger partial charge in [-0.2, -0.15) is 0 Å². The lowest BCUT2D eigenvalue weighted by molar-refractivity contribution is 0.0514. The number of nitrogen functional groups attached to an aromatic ring is 1. The van der Waals surface area contributed by atoms with Gasteiger partial charge in [0.1, 0.15) is 18.2 Å². The van der Waals surface area contributed by atoms with Crippen molar-refractivity contribution in [1.82, 2.24) is 9.97 Å². The van der Waals surface area contributed by atoms with Gasteiger partial charge in [-0.05, 0) is 26.2 Å². The summed E-state index contributed by atoms with van der Waals surface area (Å²) in [5.41, 5.74) is 4.96. The Bertz CT molecular complexity index is 422. The number of aromatic nitrogens is 2. The molecule has 0 amide bonds. The fourth-order valence-corrected chi connectivity index (χ4v) is 2.10. The number of nitrogens with two attached hydrogens (primary N) is 1. The van der Waals surface area contributed by atoms with Crippen molar-refractivity contribution >= 4 is 11.6 Å². The minimum absolute atomic E-state index is 0.332. The first kappa shape index (κ1) is 16.7. The van der Waals surface area contributed by atoms with Crippen LogP contribution in [0.3, 0.4) is 0 Å². The fraction of sp³-hybridized carbons (Fsp3) is 0.714. The van der Waals surface area contributed by atoms with Gasteiger partial charge in [0.2, 0.25) is 0 Å². The predicted molar refractivity (Wildman–Crippen MR) is 80.3 cm³/mol. The molecule has 1 atom stereocenters. The molecule has 0 saturated carbocycles. The molecule has 1 heterocycles. The minimum atomic E-state index is -0.784. The lowest BCUT2D eigenvalue weighted by Gasteiger charge is -2.25. The molecule has 0 aliphatic carbocycles. The fourth-order valence-electron chi connectivity index (χ4n) is 2.10. The highest BCUT2D eigenvalue weighted by atomic mass is 16.5. The Balaban J connectivity index is 2.65. The molecule has 0 aliphatic heterocycles. The summed E-state index contributed by atoms with van der Waals surface area (Å²) < 4.78 is 5.27. The summed E-state index contributed by atoms with van der Waals surface area (Å²) in [7, 11) is 0. The third-order valence-electron chi connectivity index (χ3n) is 2.73. The van der Waals surface area contributed by atoms with E-state index in [1.807, 2.05) is 13.8 Å². The number of hydrogen-bond acceptors (Lipinski definition) is 6. The van der Waals surface area contributed by atoms with Crippen LogP contribution in [0.25, 0.3) is 0 Å². The SMILES string of the molecule is CCOCc1nc(N)cc(NCC(C)(O)CC(C)C)n1. The van der Waals surface area contributed by atoms with E-state index < -0.39 is 5.60 Å². The molecular weight excluding hydrogens is 256 g/mol. The van der Waals surface area contributed by atoms with Gasteiger partial charge in [-0.15, -0.1) is 0 Å². The van der Waals surface area contributed by atoms with Crippen LogP contribution in [0.5, 0.6) is 0 Å². The third-order valence-corrected chi connectivity index (χ3v) is 2.73. The molecular formula is C14H26N4O2. The first-order chi connectivity index (χ1) is 9.32. The van der Waals surface area contributed by atoms with E-state index in [1.165, 1.54) is 0 Å². The molecule has 0 aliphatic rings. The highest BCUT2D eigenvalue weighted by Gasteiger charge is 2.21. The molecule has 0 spiro atoms. The van der Waals surface area contributed by atoms with Gasteiger partial charge in [0.25, 0.3) is 0 Å². The smallest absolute Gasteiger partial charge is 0.158 e. The summed E-state index contributed by atoms with van der Waals surface area (Å²) in [5.74, 6) is 1.96. The van der Waals surface area contributed by atoms with Gasteiger partial charge >= 0.3 is 0 Å². The van der Waals surface area contributed by atoms with Gasteiger partial charge in [0.15, 0.2) is 5.82 Å². The number of ether oxygens (including phenoxy) is 1. The second kappa shape index (κ2) is 7.40. The lowest BCUT2D eigenvalue weighted by Crippen LogP contribution is -2.35. The van der Waals surface area contributed by atoms with Crippen LogP contribution >= 0.6 is 0 Å². The lowest BCUT2D eigenvalue weighted by atomic mass is 9.94. The van der Waals surface area contributed by atoms with E-state index in [1.54, 1.807) is 6.07 Å². The van der Waals surface area contributed by atoms with E-state index in [9.17, 15) is 5.11 Å². The molecule has 0 saturated heterocycles. The summed E-state index contributed by atoms with van der Waals surface area (Å²) in [6.45, 7) is 9.23. The quantitative estimate of drug-likeness (QED) is 0.673. The number of nitrogens with zero attached hydrogens (tertiary/aromatic N) is 2. The Morgan fingerprint density at radius 3 is 2.75 bits per heavy atom. The van der Waals surface area contributed by atoms with Crippen LogP contribution in [0, 0.1) is 5.92 Å². The Morgan fingerprint density at radius 1 is 1.45 bits per heavy atom. The van der Waals surface area contributed by atoms with E-state index in [0.29, 0.717) is 49.6 Å². The molecule has 4 N–H and O–H groups in total. The number of rotatable bonds is 8. The van der Waals surface area contributed by atoms with E-state index in [0.717, 1.165) is 0 Å². The molecule has 1 rings (SSSR count). The van der Waals surface area contributed by atoms with E-state index in [2.05, 4.69) is 29.1 Å². The van der Waals surface area contributed by atoms with Crippen molar-refractivity contribution < 1.29 is 9.84 Å². The average molecular weight is 282 g/mol. The Labute approximate surface area is 120 Å². The summed E-state index contributed by atoms with van der Waals surface area (Å²) in [6.07, 6.45) is 0.715. The second-order valence-electron chi connectivity index (χ2n) is 5.68. The van der Waals surface area contributed by atoms with Crippen LogP contribution < -0.4 is 11.1 Å². The molecule has 6 nitrogen and oxygen atoms in total. The standard InChI is InChI=1S/C14H26N4O2/c1-5-20-8-13-17-11(15)6-12(18-13)16-9-14(4,19)7-10(2)3/h6,10,19H,5,7-9H2,1-4H3,(H3,15,16,17,18). The molecule has 6 heteroatoms. The van der Waals surface area contributed by atoms with Gasteiger partial charge < -0.3 is 20.9 Å². The third kappa shape index (κ3) is 6.16. The molecule has 114 valence electrons. The zero-order valence-corrected chi connectivity index (χ0v) is 12.8. The first-order valence-corrected chi connectivity index (χ1v) is 7.00. The predicted octanol–water partition coefficient (Wildman–Crippen LogP) is 1.80. The van der Waals surface area contributed by atoms with Gasteiger partial charge in [-0.3, -0.25) is 0 Å². The van der Waals surface area contributed by atoms with Gasteiger partial charge in [-0.25, -0.2) is 9.97 Å². The second-order valence-corrected chi connectivity index (χ2v) is 5.68.